The monoisotopic (exact) mass is 1300 g/mol. The average Bonchev–Trinajstić information content (AvgIpc) is 1.52. The Bertz CT molecular complexity index is 5990. The first-order valence-corrected chi connectivity index (χ1v) is 35.0. The number of nitrogens with zero attached hydrogens (tertiary/aromatic N) is 6. The van der Waals surface area contributed by atoms with Crippen molar-refractivity contribution in [2.45, 2.75) is 38.5 Å². The van der Waals surface area contributed by atoms with Crippen molar-refractivity contribution in [3.63, 3.8) is 0 Å². The van der Waals surface area contributed by atoms with E-state index in [0.29, 0.717) is 0 Å². The molecular formula is C96H66N6. The standard InChI is InChI=1S/2C48H33N3/c1-48(2)41-15-8-7-14-40(41)46-45(48)43(44-37-11-4-3-10-30(37)24-27-42(44)51-46)33-20-16-31(17-21-33)35-25-26-36(39-13-6-5-12-38(35)39)32-18-22-34(23-19-32)47-49-28-9-29-50-47;1-48(2)40-19-11-10-18-39(40)47-46(48)44(45-35-15-7-6-12-30(35)24-27-41(45)51-47)33-22-20-31(21-23-33)34-25-26-38(37-17-9-8-16-36(34)37)43-29-49-42(28-50-43)32-13-4-3-5-14-32/h2*3-29H,1-2H3. The van der Waals surface area contributed by atoms with Gasteiger partial charge in [-0.3, -0.25) is 9.97 Å². The van der Waals surface area contributed by atoms with Crippen LogP contribution in [0.5, 0.6) is 0 Å². The number of benzene rings is 14. The lowest BCUT2D eigenvalue weighted by atomic mass is 9.78. The summed E-state index contributed by atoms with van der Waals surface area (Å²) >= 11 is 0. The zero-order valence-electron chi connectivity index (χ0n) is 56.9. The van der Waals surface area contributed by atoms with E-state index >= 15 is 0 Å². The van der Waals surface area contributed by atoms with Crippen LogP contribution in [0.25, 0.3) is 177 Å². The molecule has 0 fully saturated rings. The number of aromatic nitrogens is 6. The summed E-state index contributed by atoms with van der Waals surface area (Å²) in [4.78, 5) is 29.2. The Balaban J connectivity index is 0.000000141. The Morgan fingerprint density at radius 1 is 0.245 bits per heavy atom. The Hall–Kier alpha value is -12.9. The Morgan fingerprint density at radius 3 is 1.06 bits per heavy atom. The molecule has 0 atom stereocenters. The Kier molecular flexibility index (Phi) is 14.1. The van der Waals surface area contributed by atoms with Crippen LogP contribution in [-0.2, 0) is 10.8 Å². The summed E-state index contributed by atoms with van der Waals surface area (Å²) in [5.74, 6) is 0.735. The highest BCUT2D eigenvalue weighted by atomic mass is 14.9. The van der Waals surface area contributed by atoms with Gasteiger partial charge in [0.15, 0.2) is 5.82 Å². The van der Waals surface area contributed by atoms with Crippen molar-refractivity contribution >= 4 is 64.9 Å². The molecule has 6 heteroatoms. The first-order chi connectivity index (χ1) is 50.1. The maximum atomic E-state index is 5.38. The van der Waals surface area contributed by atoms with E-state index < -0.39 is 0 Å². The van der Waals surface area contributed by atoms with Crippen LogP contribution >= 0.6 is 0 Å². The highest BCUT2D eigenvalue weighted by Crippen LogP contribution is 2.56. The van der Waals surface area contributed by atoms with Crippen molar-refractivity contribution in [1.29, 1.82) is 0 Å². The SMILES string of the molecule is CC1(C)c2ccccc2-c2nc3ccc4ccccc4c3c(-c3ccc(-c4ccc(-c5ccc(-c6ncccn6)cc5)c5ccccc45)cc3)c21.CC1(C)c2ccccc2-c2nc3ccc4ccccc4c3c(-c3ccc(-c4ccc(-c5cnc(-c6ccccc6)cn5)c5ccccc45)cc3)c21. The van der Waals surface area contributed by atoms with Crippen LogP contribution in [0.15, 0.2) is 328 Å². The van der Waals surface area contributed by atoms with E-state index in [1.807, 2.05) is 36.7 Å². The number of fused-ring (bicyclic) bond motifs is 14. The van der Waals surface area contributed by atoms with E-state index in [0.717, 1.165) is 61.7 Å². The number of rotatable bonds is 8. The normalized spacial score (nSPS) is 13.1. The molecule has 6 nitrogen and oxygen atoms in total. The van der Waals surface area contributed by atoms with Gasteiger partial charge in [0.1, 0.15) is 0 Å². The van der Waals surface area contributed by atoms with Gasteiger partial charge in [-0.05, 0) is 139 Å². The van der Waals surface area contributed by atoms with E-state index in [1.165, 1.54) is 137 Å². The lowest BCUT2D eigenvalue weighted by Gasteiger charge is -2.26. The first-order valence-electron chi connectivity index (χ1n) is 35.0. The van der Waals surface area contributed by atoms with E-state index in [9.17, 15) is 0 Å². The van der Waals surface area contributed by atoms with E-state index in [4.69, 9.17) is 19.9 Å². The molecule has 0 radical (unpaired) electrons. The summed E-state index contributed by atoms with van der Waals surface area (Å²) in [5.41, 5.74) is 28.6. The minimum atomic E-state index is -0.202. The van der Waals surface area contributed by atoms with Crippen LogP contribution < -0.4 is 0 Å². The zero-order valence-corrected chi connectivity index (χ0v) is 56.9. The maximum Gasteiger partial charge on any atom is 0.159 e. The summed E-state index contributed by atoms with van der Waals surface area (Å²) < 4.78 is 0. The predicted octanol–water partition coefficient (Wildman–Crippen LogP) is 24.6. The molecule has 0 unspecified atom stereocenters. The summed E-state index contributed by atoms with van der Waals surface area (Å²) in [5, 5.41) is 12.2. The summed E-state index contributed by atoms with van der Waals surface area (Å²) in [7, 11) is 0. The summed E-state index contributed by atoms with van der Waals surface area (Å²) in [6.07, 6.45) is 7.32. The fourth-order valence-electron chi connectivity index (χ4n) is 16.7. The highest BCUT2D eigenvalue weighted by Gasteiger charge is 2.41. The lowest BCUT2D eigenvalue weighted by Crippen LogP contribution is -2.16. The molecule has 0 amide bonds. The third-order valence-electron chi connectivity index (χ3n) is 21.5. The van der Waals surface area contributed by atoms with Gasteiger partial charge in [0.2, 0.25) is 0 Å². The second-order valence-electron chi connectivity index (χ2n) is 28.0. The molecule has 480 valence electrons. The minimum Gasteiger partial charge on any atom is -0.252 e. The van der Waals surface area contributed by atoms with Gasteiger partial charge in [-0.2, -0.15) is 0 Å². The van der Waals surface area contributed by atoms with Crippen molar-refractivity contribution in [3.05, 3.63) is 350 Å². The molecule has 20 rings (SSSR count). The molecule has 4 heterocycles. The van der Waals surface area contributed by atoms with Gasteiger partial charge >= 0.3 is 0 Å². The molecular weight excluding hydrogens is 1240 g/mol. The molecule has 0 saturated carbocycles. The van der Waals surface area contributed by atoms with Crippen LogP contribution in [0, 0.1) is 0 Å². The molecule has 0 saturated heterocycles. The smallest absolute Gasteiger partial charge is 0.159 e. The Labute approximate surface area is 592 Å². The van der Waals surface area contributed by atoms with Crippen LogP contribution in [-0.4, -0.2) is 29.9 Å². The van der Waals surface area contributed by atoms with Crippen LogP contribution in [0.4, 0.5) is 0 Å². The van der Waals surface area contributed by atoms with Crippen molar-refractivity contribution in [3.8, 4) is 112 Å². The quantitative estimate of drug-likeness (QED) is 0.141. The van der Waals surface area contributed by atoms with Crippen molar-refractivity contribution in [1.82, 2.24) is 29.9 Å². The largest absolute Gasteiger partial charge is 0.252 e. The van der Waals surface area contributed by atoms with E-state index in [-0.39, 0.29) is 10.8 Å². The second-order valence-corrected chi connectivity index (χ2v) is 28.0. The van der Waals surface area contributed by atoms with Gasteiger partial charge in [0.25, 0.3) is 0 Å². The van der Waals surface area contributed by atoms with Gasteiger partial charge in [-0.15, -0.1) is 0 Å². The van der Waals surface area contributed by atoms with Gasteiger partial charge in [0.05, 0.1) is 46.2 Å². The Morgan fingerprint density at radius 2 is 0.608 bits per heavy atom. The third kappa shape index (κ3) is 9.77. The molecule has 2 aliphatic carbocycles. The lowest BCUT2D eigenvalue weighted by molar-refractivity contribution is 0.661. The van der Waals surface area contributed by atoms with Gasteiger partial charge in [-0.1, -0.05) is 313 Å². The molecule has 102 heavy (non-hydrogen) atoms. The molecule has 4 aromatic heterocycles. The molecule has 0 aliphatic heterocycles. The van der Waals surface area contributed by atoms with Gasteiger partial charge in [-0.25, -0.2) is 19.9 Å². The highest BCUT2D eigenvalue weighted by molar-refractivity contribution is 6.18. The van der Waals surface area contributed by atoms with Crippen molar-refractivity contribution in [2.24, 2.45) is 0 Å². The molecule has 0 N–H and O–H groups in total. The van der Waals surface area contributed by atoms with Crippen molar-refractivity contribution in [2.75, 3.05) is 0 Å². The third-order valence-corrected chi connectivity index (χ3v) is 21.5. The second kappa shape index (κ2) is 23.9. The molecule has 2 aliphatic rings. The van der Waals surface area contributed by atoms with Crippen LogP contribution in [0.2, 0.25) is 0 Å². The molecule has 14 aromatic carbocycles. The van der Waals surface area contributed by atoms with E-state index in [1.54, 1.807) is 12.4 Å². The topological polar surface area (TPSA) is 77.3 Å². The van der Waals surface area contributed by atoms with Crippen molar-refractivity contribution < 1.29 is 0 Å². The van der Waals surface area contributed by atoms with E-state index in [2.05, 4.69) is 317 Å². The maximum absolute atomic E-state index is 5.38. The summed E-state index contributed by atoms with van der Waals surface area (Å²) in [6, 6.07) is 109. The number of hydrogen-bond acceptors (Lipinski definition) is 6. The van der Waals surface area contributed by atoms with Gasteiger partial charge < -0.3 is 0 Å². The fraction of sp³-hybridized carbons (Fsp3) is 0.0625. The summed E-state index contributed by atoms with van der Waals surface area (Å²) in [6.45, 7) is 9.40. The number of pyridine rings is 2. The van der Waals surface area contributed by atoms with Crippen LogP contribution in [0.1, 0.15) is 49.9 Å². The molecule has 18 aromatic rings. The van der Waals surface area contributed by atoms with Crippen LogP contribution in [0.3, 0.4) is 0 Å². The average molecular weight is 1300 g/mol. The molecule has 0 spiro atoms. The first kappa shape index (κ1) is 60.3. The predicted molar refractivity (Wildman–Crippen MR) is 423 cm³/mol. The number of hydrogen-bond donors (Lipinski definition) is 0. The van der Waals surface area contributed by atoms with Gasteiger partial charge in [0, 0.05) is 61.8 Å². The zero-order chi connectivity index (χ0) is 68.2. The minimum absolute atomic E-state index is 0.198. The fourth-order valence-corrected chi connectivity index (χ4v) is 16.7. The molecule has 0 bridgehead atoms.